The highest BCUT2D eigenvalue weighted by molar-refractivity contribution is 7.88. The maximum atomic E-state index is 14.1. The van der Waals surface area contributed by atoms with Gasteiger partial charge in [0.15, 0.2) is 0 Å². The number of nitrogens with one attached hydrogen (secondary N) is 3. The third-order valence-electron chi connectivity index (χ3n) is 4.11. The zero-order valence-corrected chi connectivity index (χ0v) is 14.3. The number of carbonyl (C=O) groups is 1. The van der Waals surface area contributed by atoms with E-state index in [0.29, 0.717) is 38.8 Å². The highest BCUT2D eigenvalue weighted by Crippen LogP contribution is 2.36. The second kappa shape index (κ2) is 7.44. The number of sulfonamides is 1. The van der Waals surface area contributed by atoms with E-state index in [1.165, 1.54) is 6.92 Å². The largest absolute Gasteiger partial charge is 0.364 e. The molecule has 8 heteroatoms. The Bertz CT molecular complexity index is 657. The normalized spacial score (nSPS) is 21.0. The van der Waals surface area contributed by atoms with E-state index in [4.69, 9.17) is 0 Å². The minimum absolute atomic E-state index is 0.0162. The van der Waals surface area contributed by atoms with Crippen LogP contribution in [0.5, 0.6) is 0 Å². The quantitative estimate of drug-likeness (QED) is 0.688. The number of aromatic nitrogens is 1. The van der Waals surface area contributed by atoms with Crippen LogP contribution in [0.1, 0.15) is 42.5 Å². The lowest BCUT2D eigenvalue weighted by Crippen LogP contribution is -2.27. The van der Waals surface area contributed by atoms with Crippen LogP contribution < -0.4 is 10.0 Å². The van der Waals surface area contributed by atoms with Crippen molar-refractivity contribution in [2.45, 2.75) is 44.7 Å². The summed E-state index contributed by atoms with van der Waals surface area (Å²) in [5.41, 5.74) is 3.02. The number of alkyl halides is 1. The van der Waals surface area contributed by atoms with Gasteiger partial charge < -0.3 is 10.3 Å². The summed E-state index contributed by atoms with van der Waals surface area (Å²) in [5, 5.41) is 2.74. The average Bonchev–Trinajstić information content (AvgIpc) is 2.80. The molecule has 0 saturated carbocycles. The van der Waals surface area contributed by atoms with Gasteiger partial charge >= 0.3 is 0 Å². The molecule has 2 rings (SSSR count). The van der Waals surface area contributed by atoms with Gasteiger partial charge in [-0.2, -0.15) is 0 Å². The van der Waals surface area contributed by atoms with E-state index in [9.17, 15) is 17.6 Å². The highest BCUT2D eigenvalue weighted by atomic mass is 32.2. The highest BCUT2D eigenvalue weighted by Gasteiger charge is 2.29. The Kier molecular flexibility index (Phi) is 5.80. The van der Waals surface area contributed by atoms with Gasteiger partial charge in [0.1, 0.15) is 6.17 Å². The van der Waals surface area contributed by atoms with Crippen molar-refractivity contribution in [3.63, 3.8) is 0 Å². The van der Waals surface area contributed by atoms with Crippen molar-refractivity contribution in [2.75, 3.05) is 19.3 Å². The van der Waals surface area contributed by atoms with Crippen LogP contribution in [0.15, 0.2) is 6.20 Å². The zero-order valence-electron chi connectivity index (χ0n) is 13.5. The van der Waals surface area contributed by atoms with Crippen LogP contribution in [-0.4, -0.2) is 44.8 Å². The molecule has 1 aliphatic rings. The standard InChI is InChI=1S/C15H24FN3O3S/c1-10(20)17-5-3-12-9-18-15-11(4-6-19-23(2,21)22)7-13(16)8-14(12)15/h9,11,13,18-19H,3-8H2,1-2H3,(H,17,20)/t11-,13?/m0/s1. The lowest BCUT2D eigenvalue weighted by Gasteiger charge is -2.26. The van der Waals surface area contributed by atoms with Gasteiger partial charge in [-0.15, -0.1) is 0 Å². The third-order valence-corrected chi connectivity index (χ3v) is 4.84. The average molecular weight is 345 g/mol. The summed E-state index contributed by atoms with van der Waals surface area (Å²) in [6, 6.07) is 0. The molecule has 0 radical (unpaired) electrons. The van der Waals surface area contributed by atoms with Crippen LogP contribution in [0, 0.1) is 0 Å². The Hall–Kier alpha value is -1.41. The molecule has 130 valence electrons. The molecule has 0 fully saturated rings. The van der Waals surface area contributed by atoms with E-state index in [1.807, 2.05) is 6.20 Å². The number of halogens is 1. The molecular formula is C15H24FN3O3S. The van der Waals surface area contributed by atoms with Gasteiger partial charge in [-0.25, -0.2) is 17.5 Å². The smallest absolute Gasteiger partial charge is 0.216 e. The lowest BCUT2D eigenvalue weighted by atomic mass is 9.83. The first-order valence-corrected chi connectivity index (χ1v) is 9.67. The predicted octanol–water partition coefficient (Wildman–Crippen LogP) is 1.00. The van der Waals surface area contributed by atoms with E-state index < -0.39 is 16.2 Å². The van der Waals surface area contributed by atoms with Crippen molar-refractivity contribution >= 4 is 15.9 Å². The summed E-state index contributed by atoms with van der Waals surface area (Å²) in [6.45, 7) is 2.29. The summed E-state index contributed by atoms with van der Waals surface area (Å²) >= 11 is 0. The lowest BCUT2D eigenvalue weighted by molar-refractivity contribution is -0.118. The van der Waals surface area contributed by atoms with Crippen molar-refractivity contribution in [1.29, 1.82) is 0 Å². The van der Waals surface area contributed by atoms with Gasteiger partial charge in [-0.05, 0) is 30.4 Å². The molecule has 1 amide bonds. The number of hydrogen-bond donors (Lipinski definition) is 3. The van der Waals surface area contributed by atoms with Crippen molar-refractivity contribution < 1.29 is 17.6 Å². The molecule has 1 unspecified atom stereocenters. The molecule has 6 nitrogen and oxygen atoms in total. The van der Waals surface area contributed by atoms with E-state index in [-0.39, 0.29) is 11.8 Å². The van der Waals surface area contributed by atoms with E-state index in [2.05, 4.69) is 15.0 Å². The predicted molar refractivity (Wildman–Crippen MR) is 86.6 cm³/mol. The second-order valence-corrected chi connectivity index (χ2v) is 7.96. The minimum Gasteiger partial charge on any atom is -0.364 e. The van der Waals surface area contributed by atoms with Crippen LogP contribution in [0.4, 0.5) is 4.39 Å². The molecule has 0 aliphatic heterocycles. The second-order valence-electron chi connectivity index (χ2n) is 6.13. The summed E-state index contributed by atoms with van der Waals surface area (Å²) in [5.74, 6) is -0.0972. The van der Waals surface area contributed by atoms with Crippen molar-refractivity contribution in [2.24, 2.45) is 0 Å². The van der Waals surface area contributed by atoms with Gasteiger partial charge in [-0.1, -0.05) is 0 Å². The van der Waals surface area contributed by atoms with Crippen molar-refractivity contribution in [3.05, 3.63) is 23.0 Å². The number of carbonyl (C=O) groups excluding carboxylic acids is 1. The molecule has 0 aromatic carbocycles. The molecule has 0 spiro atoms. The molecule has 23 heavy (non-hydrogen) atoms. The Morgan fingerprint density at radius 2 is 2.17 bits per heavy atom. The maximum Gasteiger partial charge on any atom is 0.216 e. The summed E-state index contributed by atoms with van der Waals surface area (Å²) < 4.78 is 38.8. The van der Waals surface area contributed by atoms with Crippen LogP contribution in [0.2, 0.25) is 0 Å². The number of fused-ring (bicyclic) bond motifs is 1. The van der Waals surface area contributed by atoms with Crippen LogP contribution in [-0.2, 0) is 27.7 Å². The first-order valence-electron chi connectivity index (χ1n) is 7.78. The summed E-state index contributed by atoms with van der Waals surface area (Å²) in [4.78, 5) is 14.2. The Morgan fingerprint density at radius 3 is 2.83 bits per heavy atom. The molecule has 1 heterocycles. The Labute approximate surface area is 136 Å². The molecule has 0 saturated heterocycles. The fourth-order valence-corrected chi connectivity index (χ4v) is 3.61. The van der Waals surface area contributed by atoms with E-state index in [1.54, 1.807) is 0 Å². The van der Waals surface area contributed by atoms with Gasteiger partial charge in [0, 0.05) is 44.2 Å². The Morgan fingerprint density at radius 1 is 1.43 bits per heavy atom. The number of rotatable bonds is 7. The van der Waals surface area contributed by atoms with Crippen LogP contribution in [0.3, 0.4) is 0 Å². The molecule has 1 aromatic rings. The fraction of sp³-hybridized carbons (Fsp3) is 0.667. The topological polar surface area (TPSA) is 91.1 Å². The van der Waals surface area contributed by atoms with Gasteiger partial charge in [-0.3, -0.25) is 4.79 Å². The van der Waals surface area contributed by atoms with E-state index in [0.717, 1.165) is 23.1 Å². The molecule has 2 atom stereocenters. The fourth-order valence-electron chi connectivity index (χ4n) is 3.13. The number of aromatic amines is 1. The number of H-pyrrole nitrogens is 1. The zero-order chi connectivity index (χ0) is 17.0. The van der Waals surface area contributed by atoms with Crippen molar-refractivity contribution in [1.82, 2.24) is 15.0 Å². The summed E-state index contributed by atoms with van der Waals surface area (Å²) in [6.07, 6.45) is 4.08. The van der Waals surface area contributed by atoms with Crippen LogP contribution in [0.25, 0.3) is 0 Å². The van der Waals surface area contributed by atoms with Gasteiger partial charge in [0.05, 0.1) is 6.26 Å². The van der Waals surface area contributed by atoms with Gasteiger partial charge in [0.25, 0.3) is 0 Å². The molecule has 0 bridgehead atoms. The number of hydrogen-bond acceptors (Lipinski definition) is 3. The summed E-state index contributed by atoms with van der Waals surface area (Å²) in [7, 11) is -3.22. The van der Waals surface area contributed by atoms with Crippen LogP contribution >= 0.6 is 0 Å². The first-order chi connectivity index (χ1) is 10.8. The molecule has 1 aromatic heterocycles. The molecule has 1 aliphatic carbocycles. The molecular weight excluding hydrogens is 321 g/mol. The monoisotopic (exact) mass is 345 g/mol. The SMILES string of the molecule is CC(=O)NCCc1c[nH]c2c1CC(F)C[C@@H]2CCNS(C)(=O)=O. The van der Waals surface area contributed by atoms with Crippen molar-refractivity contribution in [3.8, 4) is 0 Å². The Balaban J connectivity index is 2.03. The van der Waals surface area contributed by atoms with Gasteiger partial charge in [0.2, 0.25) is 15.9 Å². The minimum atomic E-state index is -3.22. The number of amides is 1. The third kappa shape index (κ3) is 5.31. The maximum absolute atomic E-state index is 14.1. The molecule has 3 N–H and O–H groups in total. The van der Waals surface area contributed by atoms with E-state index >= 15 is 0 Å². The first kappa shape index (κ1) is 17.9.